The van der Waals surface area contributed by atoms with Gasteiger partial charge in [-0.05, 0) is 18.9 Å². The lowest BCUT2D eigenvalue weighted by Gasteiger charge is -2.24. The highest BCUT2D eigenvalue weighted by Crippen LogP contribution is 2.33. The molecule has 5 heteroatoms. The summed E-state index contributed by atoms with van der Waals surface area (Å²) >= 11 is 0. The minimum absolute atomic E-state index is 0.378. The van der Waals surface area contributed by atoms with Gasteiger partial charge in [0.25, 0.3) is 0 Å². The fourth-order valence-corrected chi connectivity index (χ4v) is 2.78. The molecule has 0 spiro atoms. The standard InChI is InChI=1S/C17H23NO4/c1-4-8-14(19)11(2)16(20)18-12(3)15(22-17(18)21)13-9-6-5-7-10-13/h5-7,9-12,14-15,19H,4,8H2,1-3H3/t11-,12-,14+,15-/m1/s1. The van der Waals surface area contributed by atoms with Crippen LogP contribution in [-0.2, 0) is 9.53 Å². The normalized spacial score (nSPS) is 24.0. The number of hydrogen-bond acceptors (Lipinski definition) is 4. The fraction of sp³-hybridized carbons (Fsp3) is 0.529. The Morgan fingerprint density at radius 3 is 2.59 bits per heavy atom. The maximum absolute atomic E-state index is 12.5. The Morgan fingerprint density at radius 1 is 1.36 bits per heavy atom. The molecule has 0 radical (unpaired) electrons. The first-order valence-electron chi connectivity index (χ1n) is 7.74. The summed E-state index contributed by atoms with van der Waals surface area (Å²) in [5.74, 6) is -0.999. The van der Waals surface area contributed by atoms with Gasteiger partial charge in [0.1, 0.15) is 6.10 Å². The van der Waals surface area contributed by atoms with E-state index in [2.05, 4.69) is 0 Å². The molecule has 4 atom stereocenters. The van der Waals surface area contributed by atoms with Crippen LogP contribution in [0.2, 0.25) is 0 Å². The first-order valence-corrected chi connectivity index (χ1v) is 7.74. The molecule has 1 aliphatic heterocycles. The van der Waals surface area contributed by atoms with Gasteiger partial charge in [-0.1, -0.05) is 50.6 Å². The molecule has 0 aromatic heterocycles. The molecule has 2 rings (SSSR count). The van der Waals surface area contributed by atoms with Crippen LogP contribution in [0.4, 0.5) is 4.79 Å². The first kappa shape index (κ1) is 16.5. The molecular formula is C17H23NO4. The highest BCUT2D eigenvalue weighted by Gasteiger charge is 2.45. The van der Waals surface area contributed by atoms with E-state index in [0.717, 1.165) is 16.9 Å². The third-order valence-electron chi connectivity index (χ3n) is 4.19. The molecule has 0 saturated carbocycles. The zero-order valence-corrected chi connectivity index (χ0v) is 13.2. The van der Waals surface area contributed by atoms with Crippen molar-refractivity contribution in [2.24, 2.45) is 5.92 Å². The number of nitrogens with zero attached hydrogens (tertiary/aromatic N) is 1. The molecular weight excluding hydrogens is 282 g/mol. The zero-order valence-electron chi connectivity index (χ0n) is 13.2. The summed E-state index contributed by atoms with van der Waals surface area (Å²) in [7, 11) is 0. The van der Waals surface area contributed by atoms with Crippen LogP contribution < -0.4 is 0 Å². The number of ether oxygens (including phenoxy) is 1. The summed E-state index contributed by atoms with van der Waals surface area (Å²) in [5.41, 5.74) is 0.861. The van der Waals surface area contributed by atoms with Crippen LogP contribution in [0, 0.1) is 5.92 Å². The maximum Gasteiger partial charge on any atom is 0.417 e. The van der Waals surface area contributed by atoms with Crippen molar-refractivity contribution < 1.29 is 19.4 Å². The van der Waals surface area contributed by atoms with Crippen LogP contribution in [0.5, 0.6) is 0 Å². The van der Waals surface area contributed by atoms with Crippen molar-refractivity contribution >= 4 is 12.0 Å². The van der Waals surface area contributed by atoms with Crippen molar-refractivity contribution in [1.29, 1.82) is 0 Å². The van der Waals surface area contributed by atoms with E-state index < -0.39 is 30.3 Å². The summed E-state index contributed by atoms with van der Waals surface area (Å²) < 4.78 is 5.37. The van der Waals surface area contributed by atoms with Crippen molar-refractivity contribution in [1.82, 2.24) is 4.90 Å². The van der Waals surface area contributed by atoms with E-state index in [1.54, 1.807) is 13.8 Å². The van der Waals surface area contributed by atoms with E-state index in [9.17, 15) is 14.7 Å². The van der Waals surface area contributed by atoms with Gasteiger partial charge in [-0.15, -0.1) is 0 Å². The van der Waals surface area contributed by atoms with Gasteiger partial charge in [-0.3, -0.25) is 4.79 Å². The van der Waals surface area contributed by atoms with Crippen LogP contribution in [0.1, 0.15) is 45.3 Å². The number of amides is 2. The third kappa shape index (κ3) is 3.14. The lowest BCUT2D eigenvalue weighted by atomic mass is 9.97. The number of imide groups is 1. The lowest BCUT2D eigenvalue weighted by Crippen LogP contribution is -2.44. The Hall–Kier alpha value is -1.88. The van der Waals surface area contributed by atoms with E-state index in [0.29, 0.717) is 6.42 Å². The molecule has 1 fully saturated rings. The smallest absolute Gasteiger partial charge is 0.417 e. The zero-order chi connectivity index (χ0) is 16.3. The Balaban J connectivity index is 2.15. The van der Waals surface area contributed by atoms with E-state index in [-0.39, 0.29) is 5.91 Å². The average Bonchev–Trinajstić information content (AvgIpc) is 2.82. The minimum Gasteiger partial charge on any atom is -0.439 e. The summed E-state index contributed by atoms with van der Waals surface area (Å²) in [4.78, 5) is 25.8. The van der Waals surface area contributed by atoms with Crippen LogP contribution in [0.25, 0.3) is 0 Å². The molecule has 1 N–H and O–H groups in total. The predicted octanol–water partition coefficient (Wildman–Crippen LogP) is 2.89. The number of aliphatic hydroxyl groups is 1. The predicted molar refractivity (Wildman–Crippen MR) is 82.1 cm³/mol. The van der Waals surface area contributed by atoms with E-state index in [1.807, 2.05) is 37.3 Å². The van der Waals surface area contributed by atoms with Crippen molar-refractivity contribution in [2.45, 2.75) is 51.9 Å². The number of carbonyl (C=O) groups excluding carboxylic acids is 2. The SMILES string of the molecule is CCC[C@H](O)[C@@H](C)C(=O)N1C(=O)O[C@@H](c2ccccc2)[C@H]1C. The highest BCUT2D eigenvalue weighted by molar-refractivity contribution is 5.95. The molecule has 5 nitrogen and oxygen atoms in total. The second kappa shape index (κ2) is 6.92. The fourth-order valence-electron chi connectivity index (χ4n) is 2.78. The van der Waals surface area contributed by atoms with Crippen molar-refractivity contribution in [3.63, 3.8) is 0 Å². The monoisotopic (exact) mass is 305 g/mol. The number of hydrogen-bond donors (Lipinski definition) is 1. The third-order valence-corrected chi connectivity index (χ3v) is 4.19. The molecule has 0 unspecified atom stereocenters. The Bertz CT molecular complexity index is 531. The molecule has 1 aliphatic rings. The Morgan fingerprint density at radius 2 is 2.00 bits per heavy atom. The van der Waals surface area contributed by atoms with Crippen molar-refractivity contribution in [2.75, 3.05) is 0 Å². The second-order valence-corrected chi connectivity index (χ2v) is 5.81. The number of cyclic esters (lactones) is 1. The van der Waals surface area contributed by atoms with E-state index in [4.69, 9.17) is 4.74 Å². The summed E-state index contributed by atoms with van der Waals surface area (Å²) in [6.45, 7) is 5.39. The molecule has 1 saturated heterocycles. The van der Waals surface area contributed by atoms with Crippen molar-refractivity contribution in [3.05, 3.63) is 35.9 Å². The van der Waals surface area contributed by atoms with Gasteiger partial charge in [-0.25, -0.2) is 9.69 Å². The number of aliphatic hydroxyl groups excluding tert-OH is 1. The maximum atomic E-state index is 12.5. The van der Waals surface area contributed by atoms with E-state index in [1.165, 1.54) is 0 Å². The molecule has 0 bridgehead atoms. The quantitative estimate of drug-likeness (QED) is 0.908. The molecule has 1 aromatic carbocycles. The molecule has 2 amide bonds. The topological polar surface area (TPSA) is 66.8 Å². The Kier molecular flexibility index (Phi) is 5.19. The minimum atomic E-state index is -0.742. The molecule has 22 heavy (non-hydrogen) atoms. The van der Waals surface area contributed by atoms with Crippen LogP contribution in [0.3, 0.4) is 0 Å². The lowest BCUT2D eigenvalue weighted by molar-refractivity contribution is -0.136. The van der Waals surface area contributed by atoms with Gasteiger partial charge in [0.05, 0.1) is 18.1 Å². The average molecular weight is 305 g/mol. The largest absolute Gasteiger partial charge is 0.439 e. The summed E-state index contributed by atoms with van der Waals surface area (Å²) in [6, 6.07) is 8.98. The van der Waals surface area contributed by atoms with Gasteiger partial charge >= 0.3 is 6.09 Å². The number of benzene rings is 1. The van der Waals surface area contributed by atoms with Gasteiger partial charge in [0.15, 0.2) is 0 Å². The van der Waals surface area contributed by atoms with Crippen LogP contribution in [0.15, 0.2) is 30.3 Å². The van der Waals surface area contributed by atoms with Gasteiger partial charge in [0, 0.05) is 0 Å². The van der Waals surface area contributed by atoms with Gasteiger partial charge < -0.3 is 9.84 Å². The van der Waals surface area contributed by atoms with Gasteiger partial charge in [-0.2, -0.15) is 0 Å². The van der Waals surface area contributed by atoms with Gasteiger partial charge in [0.2, 0.25) is 5.91 Å². The van der Waals surface area contributed by atoms with Crippen LogP contribution >= 0.6 is 0 Å². The summed E-state index contributed by atoms with van der Waals surface area (Å²) in [6.07, 6.45) is -0.527. The molecule has 0 aliphatic carbocycles. The molecule has 120 valence electrons. The Labute approximate surface area is 130 Å². The first-order chi connectivity index (χ1) is 10.5. The van der Waals surface area contributed by atoms with E-state index >= 15 is 0 Å². The molecule has 1 aromatic rings. The number of rotatable bonds is 5. The van der Waals surface area contributed by atoms with Crippen molar-refractivity contribution in [3.8, 4) is 0 Å². The summed E-state index contributed by atoms with van der Waals surface area (Å²) in [5, 5.41) is 10.0. The highest BCUT2D eigenvalue weighted by atomic mass is 16.6. The number of carbonyl (C=O) groups is 2. The molecule has 1 heterocycles. The second-order valence-electron chi connectivity index (χ2n) is 5.81. The van der Waals surface area contributed by atoms with Crippen LogP contribution in [-0.4, -0.2) is 34.2 Å².